The molecule has 1 unspecified atom stereocenters. The average molecular weight is 232 g/mol. The Morgan fingerprint density at radius 1 is 1.31 bits per heavy atom. The summed E-state index contributed by atoms with van der Waals surface area (Å²) < 4.78 is 0. The topological polar surface area (TPSA) is 25.8 Å². The standard InChI is InChI=1S/C13H16N2S/c1-3-10(2)8-11-4-5-13(16-11)12-9-14-6-7-15-12/h4-7,9-10H,3,8H2,1-2H3. The van der Waals surface area contributed by atoms with Crippen molar-refractivity contribution in [2.75, 3.05) is 0 Å². The van der Waals surface area contributed by atoms with Crippen molar-refractivity contribution in [3.05, 3.63) is 35.6 Å². The first-order valence-corrected chi connectivity index (χ1v) is 6.46. The third-order valence-electron chi connectivity index (χ3n) is 2.72. The van der Waals surface area contributed by atoms with Gasteiger partial charge in [0.15, 0.2) is 0 Å². The predicted molar refractivity (Wildman–Crippen MR) is 68.5 cm³/mol. The van der Waals surface area contributed by atoms with Crippen LogP contribution >= 0.6 is 11.3 Å². The van der Waals surface area contributed by atoms with Crippen molar-refractivity contribution in [2.24, 2.45) is 5.92 Å². The molecule has 2 aromatic heterocycles. The Labute approximate surface area is 100 Å². The summed E-state index contributed by atoms with van der Waals surface area (Å²) in [5.41, 5.74) is 0.975. The summed E-state index contributed by atoms with van der Waals surface area (Å²) in [6.07, 6.45) is 7.67. The molecule has 0 amide bonds. The van der Waals surface area contributed by atoms with Gasteiger partial charge < -0.3 is 0 Å². The minimum atomic E-state index is 0.758. The molecule has 0 aromatic carbocycles. The minimum Gasteiger partial charge on any atom is -0.261 e. The molecule has 2 rings (SSSR count). The van der Waals surface area contributed by atoms with E-state index >= 15 is 0 Å². The molecule has 2 nitrogen and oxygen atoms in total. The van der Waals surface area contributed by atoms with Crippen LogP contribution in [0.15, 0.2) is 30.7 Å². The second-order valence-corrected chi connectivity index (χ2v) is 5.24. The van der Waals surface area contributed by atoms with E-state index in [1.54, 1.807) is 12.4 Å². The van der Waals surface area contributed by atoms with Crippen LogP contribution in [0.1, 0.15) is 25.1 Å². The highest BCUT2D eigenvalue weighted by molar-refractivity contribution is 7.15. The van der Waals surface area contributed by atoms with Gasteiger partial charge in [0.1, 0.15) is 0 Å². The summed E-state index contributed by atoms with van der Waals surface area (Å²) in [5, 5.41) is 0. The van der Waals surface area contributed by atoms with Crippen LogP contribution in [0.4, 0.5) is 0 Å². The van der Waals surface area contributed by atoms with E-state index < -0.39 is 0 Å². The first kappa shape index (κ1) is 11.3. The highest BCUT2D eigenvalue weighted by Gasteiger charge is 2.06. The molecule has 0 saturated carbocycles. The lowest BCUT2D eigenvalue weighted by molar-refractivity contribution is 0.565. The average Bonchev–Trinajstić information content (AvgIpc) is 2.78. The number of nitrogens with zero attached hydrogens (tertiary/aromatic N) is 2. The molecule has 0 bridgehead atoms. The van der Waals surface area contributed by atoms with Gasteiger partial charge in [-0.2, -0.15) is 0 Å². The fourth-order valence-corrected chi connectivity index (χ4v) is 2.67. The molecule has 0 saturated heterocycles. The van der Waals surface area contributed by atoms with E-state index in [0.717, 1.165) is 11.6 Å². The molecular weight excluding hydrogens is 216 g/mol. The smallest absolute Gasteiger partial charge is 0.0984 e. The second kappa shape index (κ2) is 5.21. The van der Waals surface area contributed by atoms with Gasteiger partial charge in [-0.05, 0) is 24.5 Å². The van der Waals surface area contributed by atoms with E-state index in [2.05, 4.69) is 35.9 Å². The van der Waals surface area contributed by atoms with Crippen molar-refractivity contribution < 1.29 is 0 Å². The quantitative estimate of drug-likeness (QED) is 0.801. The van der Waals surface area contributed by atoms with Crippen LogP contribution in [0.5, 0.6) is 0 Å². The third kappa shape index (κ3) is 2.67. The Kier molecular flexibility index (Phi) is 3.67. The molecule has 0 aliphatic rings. The zero-order chi connectivity index (χ0) is 11.4. The van der Waals surface area contributed by atoms with Crippen molar-refractivity contribution in [3.63, 3.8) is 0 Å². The fraction of sp³-hybridized carbons (Fsp3) is 0.385. The van der Waals surface area contributed by atoms with Gasteiger partial charge in [0, 0.05) is 17.3 Å². The normalized spacial score (nSPS) is 12.6. The van der Waals surface area contributed by atoms with E-state index in [1.165, 1.54) is 22.6 Å². The molecule has 16 heavy (non-hydrogen) atoms. The summed E-state index contributed by atoms with van der Waals surface area (Å²) in [6, 6.07) is 4.35. The molecule has 84 valence electrons. The highest BCUT2D eigenvalue weighted by atomic mass is 32.1. The van der Waals surface area contributed by atoms with Gasteiger partial charge in [-0.25, -0.2) is 0 Å². The summed E-state index contributed by atoms with van der Waals surface area (Å²) in [5.74, 6) is 0.758. The zero-order valence-electron chi connectivity index (χ0n) is 9.68. The van der Waals surface area contributed by atoms with Crippen LogP contribution in [0.25, 0.3) is 10.6 Å². The van der Waals surface area contributed by atoms with Crippen LogP contribution < -0.4 is 0 Å². The van der Waals surface area contributed by atoms with Crippen LogP contribution in [-0.2, 0) is 6.42 Å². The van der Waals surface area contributed by atoms with Crippen molar-refractivity contribution in [1.29, 1.82) is 0 Å². The molecular formula is C13H16N2S. The molecule has 1 atom stereocenters. The van der Waals surface area contributed by atoms with Gasteiger partial charge in [-0.3, -0.25) is 9.97 Å². The Morgan fingerprint density at radius 3 is 2.88 bits per heavy atom. The van der Waals surface area contributed by atoms with Gasteiger partial charge in [0.2, 0.25) is 0 Å². The molecule has 0 aliphatic heterocycles. The van der Waals surface area contributed by atoms with Crippen molar-refractivity contribution in [1.82, 2.24) is 9.97 Å². The minimum absolute atomic E-state index is 0.758. The van der Waals surface area contributed by atoms with E-state index in [9.17, 15) is 0 Å². The van der Waals surface area contributed by atoms with E-state index in [4.69, 9.17) is 0 Å². The Hall–Kier alpha value is -1.22. The lowest BCUT2D eigenvalue weighted by Crippen LogP contribution is -1.94. The highest BCUT2D eigenvalue weighted by Crippen LogP contribution is 2.27. The van der Waals surface area contributed by atoms with Crippen molar-refractivity contribution >= 4 is 11.3 Å². The number of aromatic nitrogens is 2. The van der Waals surface area contributed by atoms with Crippen molar-refractivity contribution in [2.45, 2.75) is 26.7 Å². The first-order valence-electron chi connectivity index (χ1n) is 5.64. The van der Waals surface area contributed by atoms with E-state index in [1.807, 2.05) is 17.5 Å². The molecule has 3 heteroatoms. The van der Waals surface area contributed by atoms with Crippen LogP contribution in [-0.4, -0.2) is 9.97 Å². The summed E-state index contributed by atoms with van der Waals surface area (Å²) in [4.78, 5) is 11.1. The SMILES string of the molecule is CCC(C)Cc1ccc(-c2cnccn2)s1. The Balaban J connectivity index is 2.14. The zero-order valence-corrected chi connectivity index (χ0v) is 10.5. The first-order chi connectivity index (χ1) is 7.79. The third-order valence-corrected chi connectivity index (χ3v) is 3.85. The van der Waals surface area contributed by atoms with Gasteiger partial charge in [0.25, 0.3) is 0 Å². The molecule has 0 spiro atoms. The molecule has 2 heterocycles. The summed E-state index contributed by atoms with van der Waals surface area (Å²) >= 11 is 1.83. The number of hydrogen-bond donors (Lipinski definition) is 0. The second-order valence-electron chi connectivity index (χ2n) is 4.07. The maximum atomic E-state index is 4.31. The lowest BCUT2D eigenvalue weighted by Gasteiger charge is -2.04. The summed E-state index contributed by atoms with van der Waals surface area (Å²) in [7, 11) is 0. The van der Waals surface area contributed by atoms with Gasteiger partial charge >= 0.3 is 0 Å². The largest absolute Gasteiger partial charge is 0.261 e. The van der Waals surface area contributed by atoms with Crippen LogP contribution in [0.2, 0.25) is 0 Å². The monoisotopic (exact) mass is 232 g/mol. The fourth-order valence-electron chi connectivity index (χ4n) is 1.54. The van der Waals surface area contributed by atoms with E-state index in [0.29, 0.717) is 0 Å². The number of hydrogen-bond acceptors (Lipinski definition) is 3. The number of rotatable bonds is 4. The molecule has 0 fully saturated rings. The van der Waals surface area contributed by atoms with E-state index in [-0.39, 0.29) is 0 Å². The Morgan fingerprint density at radius 2 is 2.19 bits per heavy atom. The number of thiophene rings is 1. The van der Waals surface area contributed by atoms with Gasteiger partial charge in [-0.1, -0.05) is 20.3 Å². The predicted octanol–water partition coefficient (Wildman–Crippen LogP) is 3.79. The molecule has 2 aromatic rings. The van der Waals surface area contributed by atoms with Gasteiger partial charge in [-0.15, -0.1) is 11.3 Å². The molecule has 0 N–H and O–H groups in total. The Bertz CT molecular complexity index is 436. The van der Waals surface area contributed by atoms with Crippen LogP contribution in [0, 0.1) is 5.92 Å². The molecule has 0 aliphatic carbocycles. The summed E-state index contributed by atoms with van der Waals surface area (Å²) in [6.45, 7) is 4.53. The maximum Gasteiger partial charge on any atom is 0.0984 e. The van der Waals surface area contributed by atoms with Crippen LogP contribution in [0.3, 0.4) is 0 Å². The maximum absolute atomic E-state index is 4.31. The lowest BCUT2D eigenvalue weighted by atomic mass is 10.0. The van der Waals surface area contributed by atoms with Crippen molar-refractivity contribution in [3.8, 4) is 10.6 Å². The van der Waals surface area contributed by atoms with Gasteiger partial charge in [0.05, 0.1) is 16.8 Å². The molecule has 0 radical (unpaired) electrons.